The summed E-state index contributed by atoms with van der Waals surface area (Å²) in [7, 11) is 0. The molecule has 0 radical (unpaired) electrons. The smallest absolute Gasteiger partial charge is 0.387 e. The van der Waals surface area contributed by atoms with Gasteiger partial charge in [0.05, 0.1) is 0 Å². The molecule has 0 bridgehead atoms. The van der Waals surface area contributed by atoms with Crippen LogP contribution in [0.15, 0.2) is 23.9 Å². The van der Waals surface area contributed by atoms with Gasteiger partial charge >= 0.3 is 6.61 Å². The predicted molar refractivity (Wildman–Crippen MR) is 32.4 cm³/mol. The monoisotopic (exact) mass is 183 g/mol. The highest BCUT2D eigenvalue weighted by Gasteiger charge is 2.18. The first-order valence-corrected chi connectivity index (χ1v) is 3.02. The van der Waals surface area contributed by atoms with Gasteiger partial charge in [0.15, 0.2) is 5.83 Å². The Morgan fingerprint density at radius 3 is 2.67 bits per heavy atom. The van der Waals surface area contributed by atoms with Gasteiger partial charge < -0.3 is 10.1 Å². The number of hydrogen-bond acceptors (Lipinski definition) is 2. The summed E-state index contributed by atoms with van der Waals surface area (Å²) in [6, 6.07) is 0. The molecule has 0 aromatic rings. The van der Waals surface area contributed by atoms with E-state index in [1.807, 2.05) is 5.32 Å². The Bertz CT molecular complexity index is 226. The number of allylic oxidation sites excluding steroid dienone is 1. The van der Waals surface area contributed by atoms with Crippen molar-refractivity contribution in [2.45, 2.75) is 12.9 Å². The molecule has 0 saturated heterocycles. The standard InChI is InChI=1S/C6H5F4NO/c7-4-1-3(12-6(9)10)2-11-5(4)8/h1-2,5-6,11H. The van der Waals surface area contributed by atoms with Crippen molar-refractivity contribution >= 4 is 0 Å². The summed E-state index contributed by atoms with van der Waals surface area (Å²) < 4.78 is 51.4. The van der Waals surface area contributed by atoms with Crippen LogP contribution in [0.5, 0.6) is 0 Å². The second-order valence-electron chi connectivity index (χ2n) is 1.98. The fraction of sp³-hybridized carbons (Fsp3) is 0.333. The van der Waals surface area contributed by atoms with Crippen LogP contribution in [0.25, 0.3) is 0 Å². The summed E-state index contributed by atoms with van der Waals surface area (Å²) in [5.74, 6) is -1.62. The van der Waals surface area contributed by atoms with Gasteiger partial charge in [-0.05, 0) is 0 Å². The van der Waals surface area contributed by atoms with E-state index in [0.717, 1.165) is 6.20 Å². The first-order chi connectivity index (χ1) is 5.59. The minimum absolute atomic E-state index is 0.434. The van der Waals surface area contributed by atoms with E-state index < -0.39 is 24.5 Å². The summed E-state index contributed by atoms with van der Waals surface area (Å²) >= 11 is 0. The molecule has 0 fully saturated rings. The lowest BCUT2D eigenvalue weighted by Crippen LogP contribution is -2.24. The van der Waals surface area contributed by atoms with Crippen LogP contribution in [0.2, 0.25) is 0 Å². The summed E-state index contributed by atoms with van der Waals surface area (Å²) in [6.07, 6.45) is -0.581. The molecule has 1 unspecified atom stereocenters. The van der Waals surface area contributed by atoms with E-state index in [2.05, 4.69) is 4.74 Å². The summed E-state index contributed by atoms with van der Waals surface area (Å²) in [6.45, 7) is -3.04. The van der Waals surface area contributed by atoms with E-state index in [4.69, 9.17) is 0 Å². The molecule has 1 aliphatic heterocycles. The van der Waals surface area contributed by atoms with E-state index in [9.17, 15) is 17.6 Å². The summed E-state index contributed by atoms with van der Waals surface area (Å²) in [4.78, 5) is 0. The first-order valence-electron chi connectivity index (χ1n) is 3.02. The van der Waals surface area contributed by atoms with Crippen molar-refractivity contribution in [2.24, 2.45) is 0 Å². The maximum absolute atomic E-state index is 12.3. The zero-order valence-electron chi connectivity index (χ0n) is 5.73. The van der Waals surface area contributed by atoms with Crippen LogP contribution in [-0.4, -0.2) is 12.9 Å². The van der Waals surface area contributed by atoms with Crippen LogP contribution in [0, 0.1) is 0 Å². The average Bonchev–Trinajstić information content (AvgIpc) is 1.96. The summed E-state index contributed by atoms with van der Waals surface area (Å²) in [5, 5.41) is 1.86. The third-order valence-corrected chi connectivity index (χ3v) is 1.12. The number of alkyl halides is 3. The molecule has 0 saturated carbocycles. The molecular weight excluding hydrogens is 178 g/mol. The second kappa shape index (κ2) is 3.46. The zero-order valence-corrected chi connectivity index (χ0v) is 5.73. The van der Waals surface area contributed by atoms with Gasteiger partial charge in [-0.1, -0.05) is 0 Å². The Labute approximate surface area is 65.5 Å². The fourth-order valence-corrected chi connectivity index (χ4v) is 0.657. The number of nitrogens with one attached hydrogen (secondary N) is 1. The molecule has 1 heterocycles. The Morgan fingerprint density at radius 2 is 2.17 bits per heavy atom. The molecule has 12 heavy (non-hydrogen) atoms. The highest BCUT2D eigenvalue weighted by atomic mass is 19.3. The highest BCUT2D eigenvalue weighted by Crippen LogP contribution is 2.17. The minimum atomic E-state index is -3.04. The number of ether oxygens (including phenoxy) is 1. The minimum Gasteiger partial charge on any atom is -0.433 e. The molecule has 0 spiro atoms. The van der Waals surface area contributed by atoms with E-state index in [-0.39, 0.29) is 0 Å². The Balaban J connectivity index is 2.59. The average molecular weight is 183 g/mol. The molecule has 1 N–H and O–H groups in total. The molecule has 1 rings (SSSR count). The van der Waals surface area contributed by atoms with Crippen molar-refractivity contribution < 1.29 is 22.3 Å². The van der Waals surface area contributed by atoms with Crippen LogP contribution in [-0.2, 0) is 4.74 Å². The molecule has 0 aliphatic carbocycles. The molecule has 0 aromatic carbocycles. The molecule has 6 heteroatoms. The van der Waals surface area contributed by atoms with Crippen molar-refractivity contribution in [2.75, 3.05) is 0 Å². The number of hydrogen-bond donors (Lipinski definition) is 1. The van der Waals surface area contributed by atoms with Crippen molar-refractivity contribution in [3.63, 3.8) is 0 Å². The van der Waals surface area contributed by atoms with Crippen LogP contribution in [0.4, 0.5) is 17.6 Å². The van der Waals surface area contributed by atoms with Gasteiger partial charge in [-0.2, -0.15) is 8.78 Å². The van der Waals surface area contributed by atoms with Crippen molar-refractivity contribution in [3.05, 3.63) is 23.9 Å². The normalized spacial score (nSPS) is 22.9. The third-order valence-electron chi connectivity index (χ3n) is 1.12. The zero-order chi connectivity index (χ0) is 9.14. The van der Waals surface area contributed by atoms with Crippen LogP contribution < -0.4 is 5.32 Å². The lowest BCUT2D eigenvalue weighted by Gasteiger charge is -2.14. The van der Waals surface area contributed by atoms with E-state index >= 15 is 0 Å². The van der Waals surface area contributed by atoms with Gasteiger partial charge in [-0.15, -0.1) is 0 Å². The number of halogens is 4. The molecule has 0 aromatic heterocycles. The van der Waals surface area contributed by atoms with Crippen LogP contribution in [0.1, 0.15) is 0 Å². The van der Waals surface area contributed by atoms with Gasteiger partial charge in [0.25, 0.3) is 0 Å². The first kappa shape index (κ1) is 8.89. The molecule has 1 atom stereocenters. The van der Waals surface area contributed by atoms with Gasteiger partial charge in [-0.25, -0.2) is 8.78 Å². The van der Waals surface area contributed by atoms with E-state index in [1.165, 1.54) is 0 Å². The molecule has 1 aliphatic rings. The van der Waals surface area contributed by atoms with Crippen LogP contribution in [0.3, 0.4) is 0 Å². The van der Waals surface area contributed by atoms with Crippen molar-refractivity contribution in [1.82, 2.24) is 5.32 Å². The van der Waals surface area contributed by atoms with E-state index in [1.54, 1.807) is 0 Å². The highest BCUT2D eigenvalue weighted by molar-refractivity contribution is 5.21. The molecule has 2 nitrogen and oxygen atoms in total. The van der Waals surface area contributed by atoms with E-state index in [0.29, 0.717) is 6.08 Å². The van der Waals surface area contributed by atoms with Crippen molar-refractivity contribution in [3.8, 4) is 0 Å². The number of dihydropyridines is 1. The second-order valence-corrected chi connectivity index (χ2v) is 1.98. The summed E-state index contributed by atoms with van der Waals surface area (Å²) in [5.41, 5.74) is 0. The lowest BCUT2D eigenvalue weighted by atomic mass is 10.3. The van der Waals surface area contributed by atoms with Gasteiger partial charge in [0.2, 0.25) is 6.30 Å². The van der Waals surface area contributed by atoms with Gasteiger partial charge in [-0.3, -0.25) is 0 Å². The quantitative estimate of drug-likeness (QED) is 0.520. The SMILES string of the molecule is FC1=CC(OC(F)F)=CNC1F. The van der Waals surface area contributed by atoms with Gasteiger partial charge in [0.1, 0.15) is 5.76 Å². The largest absolute Gasteiger partial charge is 0.433 e. The van der Waals surface area contributed by atoms with Gasteiger partial charge in [0, 0.05) is 12.3 Å². The molecule has 0 amide bonds. The molecule has 68 valence electrons. The van der Waals surface area contributed by atoms with Crippen molar-refractivity contribution in [1.29, 1.82) is 0 Å². The maximum atomic E-state index is 12.3. The topological polar surface area (TPSA) is 21.3 Å². The Hall–Kier alpha value is -1.20. The van der Waals surface area contributed by atoms with Crippen LogP contribution >= 0.6 is 0 Å². The maximum Gasteiger partial charge on any atom is 0.387 e. The lowest BCUT2D eigenvalue weighted by molar-refractivity contribution is -0.0932. The Kier molecular flexibility index (Phi) is 2.57. The predicted octanol–water partition coefficient (Wildman–Crippen LogP) is 1.82. The third kappa shape index (κ3) is 2.14. The molecular formula is C6H5F4NO. The Morgan fingerprint density at radius 1 is 1.50 bits per heavy atom. The fourth-order valence-electron chi connectivity index (χ4n) is 0.657. The number of rotatable bonds is 2.